The number of nitrogens with one attached hydrogen (secondary N) is 1. The van der Waals surface area contributed by atoms with Gasteiger partial charge in [0.15, 0.2) is 7.28 Å². The van der Waals surface area contributed by atoms with Crippen molar-refractivity contribution >= 4 is 107 Å². The minimum Gasteiger partial charge on any atom is -0.355 e. The first-order chi connectivity index (χ1) is 44.3. The van der Waals surface area contributed by atoms with Crippen molar-refractivity contribution in [2.75, 3.05) is 15.1 Å². The Labute approximate surface area is 543 Å². The molecule has 449 valence electrons. The van der Waals surface area contributed by atoms with Crippen LogP contribution in [-0.4, -0.2) is 11.8 Å². The van der Waals surface area contributed by atoms with Crippen LogP contribution in [0.2, 0.25) is 0 Å². The highest BCUT2D eigenvalue weighted by Crippen LogP contribution is 2.55. The summed E-state index contributed by atoms with van der Waals surface area (Å²) in [6.45, 7) is 24.4. The van der Waals surface area contributed by atoms with Gasteiger partial charge in [-0.05, 0) is 221 Å². The Kier molecular flexibility index (Phi) is 12.4. The summed E-state index contributed by atoms with van der Waals surface area (Å²) in [7, 11) is 2.58. The van der Waals surface area contributed by atoms with Gasteiger partial charge in [0.25, 0.3) is 0 Å². The Morgan fingerprint density at radius 3 is 1.64 bits per heavy atom. The number of hydrogen-bond acceptors (Lipinski definition) is 3. The van der Waals surface area contributed by atoms with E-state index in [-0.39, 0.29) is 27.1 Å². The van der Waals surface area contributed by atoms with Crippen LogP contribution in [0.3, 0.4) is 0 Å². The summed E-state index contributed by atoms with van der Waals surface area (Å²) in [5.41, 5.74) is 28.1. The van der Waals surface area contributed by atoms with E-state index in [2.05, 4.69) is 333 Å². The fourth-order valence-electron chi connectivity index (χ4n) is 16.9. The molecule has 13 aromatic rings. The first-order valence-corrected chi connectivity index (χ1v) is 33.4. The zero-order chi connectivity index (χ0) is 62.8. The van der Waals surface area contributed by atoms with Crippen molar-refractivity contribution in [1.82, 2.24) is 4.57 Å². The van der Waals surface area contributed by atoms with E-state index in [1.54, 1.807) is 0 Å². The Balaban J connectivity index is 1.04. The molecule has 1 aromatic heterocycles. The molecule has 0 unspecified atom stereocenters. The average Bonchev–Trinajstić information content (AvgIpc) is 1.48. The van der Waals surface area contributed by atoms with Gasteiger partial charge in [0, 0.05) is 67.2 Å². The third-order valence-electron chi connectivity index (χ3n) is 22.3. The zero-order valence-electron chi connectivity index (χ0n) is 54.8. The molecule has 3 aliphatic carbocycles. The van der Waals surface area contributed by atoms with Crippen molar-refractivity contribution in [2.45, 2.75) is 122 Å². The molecule has 2 heterocycles. The molecule has 12 aromatic carbocycles. The number of anilines is 8. The standard InChI is InChI=1S/C87H78BN4/c1-83(2)43-44-84(3,4)71-48-57(35-39-70(71)83)89-75-41-38-61(90(58-26-13-11-14-27-58)59-28-15-12-16-29-59)50-66(75)67-51-78(91(60-36-33-54-23-17-18-25-56(54)47-60)62-37-40-69-65(49-62)64-31-21-22-32-68(64)87(69,9)10)80-79-63-30-20-19-24-55(63)34-42-76(79)92-77-53-73-72(52-74(77)88-81(67)82(80)92)85(5,6)45-46-86(73,7)8/h11-42,47-53,89H,43-46H2,1-10H3. The molecule has 1 radical (unpaired) electrons. The molecule has 17 rings (SSSR count). The van der Waals surface area contributed by atoms with Crippen molar-refractivity contribution in [3.63, 3.8) is 0 Å². The summed E-state index contributed by atoms with van der Waals surface area (Å²) < 4.78 is 2.69. The molecule has 4 aliphatic rings. The topological polar surface area (TPSA) is 23.4 Å². The predicted octanol–water partition coefficient (Wildman–Crippen LogP) is 22.4. The summed E-state index contributed by atoms with van der Waals surface area (Å²) in [5, 5.41) is 11.6. The van der Waals surface area contributed by atoms with Crippen LogP contribution in [0.4, 0.5) is 45.5 Å². The van der Waals surface area contributed by atoms with Gasteiger partial charge in [-0.3, -0.25) is 0 Å². The first-order valence-electron chi connectivity index (χ1n) is 33.4. The van der Waals surface area contributed by atoms with Gasteiger partial charge in [-0.15, -0.1) is 0 Å². The van der Waals surface area contributed by atoms with Crippen LogP contribution in [0.1, 0.15) is 128 Å². The second-order valence-electron chi connectivity index (χ2n) is 30.1. The predicted molar refractivity (Wildman–Crippen MR) is 393 cm³/mol. The maximum Gasteiger partial charge on any atom is 0.197 e. The molecule has 5 heteroatoms. The van der Waals surface area contributed by atoms with E-state index in [4.69, 9.17) is 0 Å². The van der Waals surface area contributed by atoms with Crippen LogP contribution in [-0.2, 0) is 27.1 Å². The smallest absolute Gasteiger partial charge is 0.197 e. The lowest BCUT2D eigenvalue weighted by molar-refractivity contribution is 0.332. The zero-order valence-corrected chi connectivity index (χ0v) is 54.8. The molecule has 0 saturated carbocycles. The third kappa shape index (κ3) is 8.63. The number of aromatic nitrogens is 1. The van der Waals surface area contributed by atoms with E-state index in [0.717, 1.165) is 82.3 Å². The van der Waals surface area contributed by atoms with Gasteiger partial charge in [0.05, 0.1) is 16.7 Å². The SMILES string of the molecule is CC1(C)CCC(C)(C)c2cc(Nc3ccc(N(c4ccccc4)c4ccccc4)cc3-c3cc(N(c4ccc5c(c4)-c4ccccc4C5(C)C)c4ccc5ccccc5c4)c4c5c6ccccc6ccc5n5c4c3[B]c3cc4c(cc3-5)C(C)(C)CCC4(C)C)ccc21. The number of nitrogens with zero attached hydrogens (tertiary/aromatic N) is 3. The van der Waals surface area contributed by atoms with E-state index in [0.29, 0.717) is 0 Å². The van der Waals surface area contributed by atoms with E-state index < -0.39 is 0 Å². The summed E-state index contributed by atoms with van der Waals surface area (Å²) >= 11 is 0. The molecule has 92 heavy (non-hydrogen) atoms. The number of hydrogen-bond donors (Lipinski definition) is 1. The van der Waals surface area contributed by atoms with Crippen LogP contribution in [0.25, 0.3) is 71.3 Å². The Morgan fingerprint density at radius 2 is 0.913 bits per heavy atom. The maximum absolute atomic E-state index is 4.22. The highest BCUT2D eigenvalue weighted by atomic mass is 15.2. The molecule has 0 fully saturated rings. The monoisotopic (exact) mass is 1190 g/mol. The summed E-state index contributed by atoms with van der Waals surface area (Å²) in [6.07, 6.45) is 4.56. The first kappa shape index (κ1) is 56.4. The minimum absolute atomic E-state index is 0.000670. The molecular weight excluding hydrogens is 1110 g/mol. The van der Waals surface area contributed by atoms with Gasteiger partial charge >= 0.3 is 0 Å². The lowest BCUT2D eigenvalue weighted by Gasteiger charge is -2.43. The quantitative estimate of drug-likeness (QED) is 0.146. The van der Waals surface area contributed by atoms with E-state index in [1.807, 2.05) is 0 Å². The van der Waals surface area contributed by atoms with Gasteiger partial charge in [-0.1, -0.05) is 214 Å². The lowest BCUT2D eigenvalue weighted by atomic mass is 9.55. The maximum atomic E-state index is 4.22. The largest absolute Gasteiger partial charge is 0.355 e. The van der Waals surface area contributed by atoms with Crippen LogP contribution < -0.4 is 26.0 Å². The molecule has 0 atom stereocenters. The molecule has 0 spiro atoms. The van der Waals surface area contributed by atoms with E-state index in [9.17, 15) is 0 Å². The van der Waals surface area contributed by atoms with Crippen molar-refractivity contribution in [3.8, 4) is 27.9 Å². The van der Waals surface area contributed by atoms with Gasteiger partial charge in [0.1, 0.15) is 0 Å². The summed E-state index contributed by atoms with van der Waals surface area (Å²) in [5.74, 6) is 0. The molecule has 1 N–H and O–H groups in total. The van der Waals surface area contributed by atoms with Crippen LogP contribution in [0.5, 0.6) is 0 Å². The van der Waals surface area contributed by atoms with Crippen LogP contribution in [0, 0.1) is 0 Å². The number of benzene rings is 12. The van der Waals surface area contributed by atoms with E-state index in [1.165, 1.54) is 104 Å². The molecule has 0 amide bonds. The lowest BCUT2D eigenvalue weighted by Crippen LogP contribution is -2.41. The number of rotatable bonds is 9. The van der Waals surface area contributed by atoms with E-state index >= 15 is 0 Å². The minimum atomic E-state index is -0.165. The Bertz CT molecular complexity index is 5180. The summed E-state index contributed by atoms with van der Waals surface area (Å²) in [4.78, 5) is 5.04. The highest BCUT2D eigenvalue weighted by Gasteiger charge is 2.42. The molecular formula is C87H78BN4. The highest BCUT2D eigenvalue weighted by molar-refractivity contribution is 6.74. The summed E-state index contributed by atoms with van der Waals surface area (Å²) in [6, 6.07) is 90.2. The van der Waals surface area contributed by atoms with Gasteiger partial charge in [-0.2, -0.15) is 0 Å². The number of fused-ring (bicyclic) bond motifs is 13. The normalized spacial score (nSPS) is 16.5. The van der Waals surface area contributed by atoms with Crippen molar-refractivity contribution < 1.29 is 0 Å². The second-order valence-corrected chi connectivity index (χ2v) is 30.1. The van der Waals surface area contributed by atoms with Crippen molar-refractivity contribution in [1.29, 1.82) is 0 Å². The van der Waals surface area contributed by atoms with Gasteiger partial charge < -0.3 is 19.7 Å². The van der Waals surface area contributed by atoms with Gasteiger partial charge in [0.2, 0.25) is 0 Å². The molecule has 1 aliphatic heterocycles. The van der Waals surface area contributed by atoms with Gasteiger partial charge in [-0.25, -0.2) is 0 Å². The van der Waals surface area contributed by atoms with Crippen molar-refractivity contribution in [2.24, 2.45) is 0 Å². The fraction of sp³-hybridized carbons (Fsp3) is 0.218. The van der Waals surface area contributed by atoms with Crippen LogP contribution in [0.15, 0.2) is 237 Å². The third-order valence-corrected chi connectivity index (χ3v) is 22.3. The second kappa shape index (κ2) is 20.2. The molecule has 4 nitrogen and oxygen atoms in total. The Hall–Kier alpha value is -9.58. The Morgan fingerprint density at radius 1 is 0.370 bits per heavy atom. The van der Waals surface area contributed by atoms with Crippen molar-refractivity contribution in [3.05, 3.63) is 270 Å². The van der Waals surface area contributed by atoms with Crippen LogP contribution >= 0.6 is 0 Å². The average molecular weight is 1190 g/mol. The fourth-order valence-corrected chi connectivity index (χ4v) is 16.9. The number of para-hydroxylation sites is 2. The molecule has 0 bridgehead atoms. The molecule has 0 saturated heterocycles.